The fourth-order valence-electron chi connectivity index (χ4n) is 4.63. The summed E-state index contributed by atoms with van der Waals surface area (Å²) in [5.74, 6) is 0.658. The summed E-state index contributed by atoms with van der Waals surface area (Å²) in [4.78, 5) is 39.4. The fraction of sp³-hybridized carbons (Fsp3) is 0.185. The van der Waals surface area contributed by atoms with Gasteiger partial charge in [-0.1, -0.05) is 17.7 Å². The molecule has 0 N–H and O–H groups in total. The highest BCUT2D eigenvalue weighted by Crippen LogP contribution is 2.39. The zero-order chi connectivity index (χ0) is 26.3. The molecule has 2 heterocycles. The monoisotopic (exact) mass is 520 g/mol. The third-order valence-corrected chi connectivity index (χ3v) is 6.67. The molecule has 5 rings (SSSR count). The molecule has 37 heavy (non-hydrogen) atoms. The lowest BCUT2D eigenvalue weighted by Gasteiger charge is -2.25. The van der Waals surface area contributed by atoms with Crippen molar-refractivity contribution >= 4 is 34.2 Å². The molecule has 1 aliphatic heterocycles. The molecule has 0 radical (unpaired) electrons. The number of non-ortho nitro benzene ring substituents is 1. The summed E-state index contributed by atoms with van der Waals surface area (Å²) in [5, 5.41) is 11.8. The molecule has 4 aromatic rings. The van der Waals surface area contributed by atoms with Gasteiger partial charge in [0.2, 0.25) is 5.76 Å². The predicted octanol–water partition coefficient (Wildman–Crippen LogP) is 5.16. The van der Waals surface area contributed by atoms with E-state index in [4.69, 9.17) is 25.5 Å². The Hall–Kier alpha value is -4.37. The zero-order valence-corrected chi connectivity index (χ0v) is 20.7. The van der Waals surface area contributed by atoms with Gasteiger partial charge in [0.25, 0.3) is 11.6 Å². The minimum atomic E-state index is -0.789. The third kappa shape index (κ3) is 4.27. The van der Waals surface area contributed by atoms with Crippen LogP contribution in [0.1, 0.15) is 33.3 Å². The number of fused-ring (bicyclic) bond motifs is 2. The highest BCUT2D eigenvalue weighted by atomic mass is 35.5. The highest BCUT2D eigenvalue weighted by Gasteiger charge is 2.42. The zero-order valence-electron chi connectivity index (χ0n) is 19.9. The molecule has 0 fully saturated rings. The van der Waals surface area contributed by atoms with E-state index in [9.17, 15) is 19.7 Å². The van der Waals surface area contributed by atoms with Crippen molar-refractivity contribution in [1.82, 2.24) is 4.90 Å². The first-order valence-electron chi connectivity index (χ1n) is 11.3. The molecule has 1 amide bonds. The Kier molecular flexibility index (Phi) is 6.31. The van der Waals surface area contributed by atoms with Gasteiger partial charge in [-0.3, -0.25) is 19.7 Å². The number of carbonyl (C=O) groups is 1. The average molecular weight is 521 g/mol. The van der Waals surface area contributed by atoms with Gasteiger partial charge in [0.1, 0.15) is 5.58 Å². The van der Waals surface area contributed by atoms with Gasteiger partial charge in [0, 0.05) is 23.7 Å². The summed E-state index contributed by atoms with van der Waals surface area (Å²) < 4.78 is 16.6. The van der Waals surface area contributed by atoms with Crippen LogP contribution >= 0.6 is 11.6 Å². The molecule has 0 aliphatic carbocycles. The van der Waals surface area contributed by atoms with Crippen molar-refractivity contribution in [3.05, 3.63) is 108 Å². The molecule has 10 heteroatoms. The Morgan fingerprint density at radius 1 is 1.00 bits per heavy atom. The van der Waals surface area contributed by atoms with E-state index in [2.05, 4.69) is 0 Å². The van der Waals surface area contributed by atoms with Crippen molar-refractivity contribution in [3.8, 4) is 11.5 Å². The van der Waals surface area contributed by atoms with E-state index in [-0.39, 0.29) is 40.0 Å². The molecule has 188 valence electrons. The van der Waals surface area contributed by atoms with E-state index >= 15 is 0 Å². The third-order valence-electron chi connectivity index (χ3n) is 6.44. The van der Waals surface area contributed by atoms with Gasteiger partial charge in [-0.05, 0) is 60.0 Å². The minimum absolute atomic E-state index is 0.0458. The number of halogens is 1. The number of nitrogens with zero attached hydrogens (tertiary/aromatic N) is 2. The van der Waals surface area contributed by atoms with Gasteiger partial charge in [-0.15, -0.1) is 0 Å². The maximum absolute atomic E-state index is 13.6. The number of benzene rings is 3. The normalized spacial score (nSPS) is 14.6. The van der Waals surface area contributed by atoms with Crippen molar-refractivity contribution in [1.29, 1.82) is 0 Å². The number of nitro benzene ring substituents is 1. The van der Waals surface area contributed by atoms with Crippen LogP contribution < -0.4 is 14.9 Å². The lowest BCUT2D eigenvalue weighted by Crippen LogP contribution is -2.31. The summed E-state index contributed by atoms with van der Waals surface area (Å²) in [5.41, 5.74) is 1.41. The standard InChI is InChI=1S/C27H21ClN2O7/c1-35-21-9-3-15(13-22(21)36-2)11-12-29-24(16-4-7-18(8-5-16)30(33)34)23-25(31)19-14-17(28)6-10-20(19)37-26(23)27(29)32/h3-10,13-14,24H,11-12H2,1-2H3/t24-/m0/s1. The van der Waals surface area contributed by atoms with Gasteiger partial charge in [-0.25, -0.2) is 0 Å². The van der Waals surface area contributed by atoms with Crippen LogP contribution in [0.5, 0.6) is 11.5 Å². The van der Waals surface area contributed by atoms with Crippen LogP contribution in [0.25, 0.3) is 11.0 Å². The van der Waals surface area contributed by atoms with Crippen molar-refractivity contribution in [2.45, 2.75) is 12.5 Å². The van der Waals surface area contributed by atoms with Gasteiger partial charge in [-0.2, -0.15) is 0 Å². The van der Waals surface area contributed by atoms with E-state index in [0.29, 0.717) is 28.5 Å². The summed E-state index contributed by atoms with van der Waals surface area (Å²) in [6, 6.07) is 15.1. The molecule has 0 unspecified atom stereocenters. The molecule has 9 nitrogen and oxygen atoms in total. The predicted molar refractivity (Wildman–Crippen MR) is 137 cm³/mol. The van der Waals surface area contributed by atoms with Gasteiger partial charge in [0.05, 0.1) is 36.1 Å². The fourth-order valence-corrected chi connectivity index (χ4v) is 4.81. The Labute approximate surface area is 215 Å². The van der Waals surface area contributed by atoms with Crippen LogP contribution in [-0.2, 0) is 6.42 Å². The molecule has 0 spiro atoms. The minimum Gasteiger partial charge on any atom is -0.493 e. The summed E-state index contributed by atoms with van der Waals surface area (Å²) in [6.45, 7) is 0.247. The first-order chi connectivity index (χ1) is 17.8. The number of hydrogen-bond acceptors (Lipinski definition) is 7. The van der Waals surface area contributed by atoms with Gasteiger partial charge < -0.3 is 18.8 Å². The van der Waals surface area contributed by atoms with E-state index in [1.54, 1.807) is 49.5 Å². The van der Waals surface area contributed by atoms with Crippen molar-refractivity contribution in [2.24, 2.45) is 0 Å². The van der Waals surface area contributed by atoms with Crippen LogP contribution in [0.2, 0.25) is 5.02 Å². The van der Waals surface area contributed by atoms with E-state index in [1.165, 1.54) is 18.2 Å². The molecule has 0 bridgehead atoms. The molecular weight excluding hydrogens is 500 g/mol. The number of methoxy groups -OCH3 is 2. The largest absolute Gasteiger partial charge is 0.493 e. The lowest BCUT2D eigenvalue weighted by atomic mass is 9.98. The Bertz CT molecular complexity index is 1600. The number of hydrogen-bond donors (Lipinski definition) is 0. The lowest BCUT2D eigenvalue weighted by molar-refractivity contribution is -0.384. The molecular formula is C27H21ClN2O7. The van der Waals surface area contributed by atoms with E-state index < -0.39 is 16.9 Å². The maximum atomic E-state index is 13.6. The van der Waals surface area contributed by atoms with Gasteiger partial charge in [0.15, 0.2) is 16.9 Å². The van der Waals surface area contributed by atoms with Crippen LogP contribution in [0, 0.1) is 10.1 Å². The second-order valence-corrected chi connectivity index (χ2v) is 8.94. The molecule has 1 aliphatic rings. The number of rotatable bonds is 7. The van der Waals surface area contributed by atoms with Crippen molar-refractivity contribution < 1.29 is 23.6 Å². The second kappa shape index (κ2) is 9.59. The molecule has 0 saturated carbocycles. The second-order valence-electron chi connectivity index (χ2n) is 8.50. The topological polar surface area (TPSA) is 112 Å². The molecule has 1 atom stereocenters. The summed E-state index contributed by atoms with van der Waals surface area (Å²) in [6.07, 6.45) is 0.448. The maximum Gasteiger partial charge on any atom is 0.290 e. The SMILES string of the molecule is COc1ccc(CCN2C(=O)c3oc4ccc(Cl)cc4c(=O)c3[C@@H]2c2ccc([N+](=O)[O-])cc2)cc1OC. The first-order valence-corrected chi connectivity index (χ1v) is 11.7. The Morgan fingerprint density at radius 3 is 2.41 bits per heavy atom. The van der Waals surface area contributed by atoms with Gasteiger partial charge >= 0.3 is 0 Å². The Morgan fingerprint density at radius 2 is 1.73 bits per heavy atom. The van der Waals surface area contributed by atoms with E-state index in [1.807, 2.05) is 12.1 Å². The number of ether oxygens (including phenoxy) is 2. The highest BCUT2D eigenvalue weighted by molar-refractivity contribution is 6.31. The molecule has 1 aromatic heterocycles. The van der Waals surface area contributed by atoms with Crippen LogP contribution in [0.4, 0.5) is 5.69 Å². The van der Waals surface area contributed by atoms with Crippen LogP contribution in [0.15, 0.2) is 69.9 Å². The smallest absolute Gasteiger partial charge is 0.290 e. The quantitative estimate of drug-likeness (QED) is 0.244. The average Bonchev–Trinajstić information content (AvgIpc) is 3.19. The summed E-state index contributed by atoms with van der Waals surface area (Å²) in [7, 11) is 3.09. The van der Waals surface area contributed by atoms with Crippen molar-refractivity contribution in [2.75, 3.05) is 20.8 Å². The number of nitro groups is 1. The number of carbonyl (C=O) groups excluding carboxylic acids is 1. The van der Waals surface area contributed by atoms with Crippen molar-refractivity contribution in [3.63, 3.8) is 0 Å². The van der Waals surface area contributed by atoms with E-state index in [0.717, 1.165) is 5.56 Å². The van der Waals surface area contributed by atoms with Crippen LogP contribution in [-0.4, -0.2) is 36.5 Å². The molecule has 3 aromatic carbocycles. The summed E-state index contributed by atoms with van der Waals surface area (Å²) >= 11 is 6.12. The Balaban J connectivity index is 1.59. The van der Waals surface area contributed by atoms with Crippen LogP contribution in [0.3, 0.4) is 0 Å². The molecule has 0 saturated heterocycles. The first kappa shape index (κ1) is 24.3. The number of amides is 1.